The first kappa shape index (κ1) is 17.5. The molecule has 0 bridgehead atoms. The van der Waals surface area contributed by atoms with Gasteiger partial charge < -0.3 is 15.4 Å². The van der Waals surface area contributed by atoms with Crippen molar-refractivity contribution in [3.8, 4) is 5.75 Å². The third kappa shape index (κ3) is 5.12. The van der Waals surface area contributed by atoms with Crippen molar-refractivity contribution in [3.63, 3.8) is 0 Å². The molecule has 5 nitrogen and oxygen atoms in total. The van der Waals surface area contributed by atoms with Gasteiger partial charge in [0.1, 0.15) is 5.75 Å². The second-order valence-corrected chi connectivity index (χ2v) is 5.36. The van der Waals surface area contributed by atoms with E-state index >= 15 is 0 Å². The number of amides is 2. The van der Waals surface area contributed by atoms with Crippen LogP contribution in [0.15, 0.2) is 54.6 Å². The Morgan fingerprint density at radius 2 is 1.71 bits per heavy atom. The standard InChI is InChI=1S/C19H22N2O3/c1-3-17(24-16-7-5-4-6-8-16)19(23)21-15-11-9-14(10-12-15)13-18(22)20-2/h4-12,17H,3,13H2,1-2H3,(H,20,22)(H,21,23). The highest BCUT2D eigenvalue weighted by Gasteiger charge is 2.18. The number of ether oxygens (including phenoxy) is 1. The van der Waals surface area contributed by atoms with Crippen LogP contribution in [0.4, 0.5) is 5.69 Å². The van der Waals surface area contributed by atoms with E-state index in [-0.39, 0.29) is 11.8 Å². The van der Waals surface area contributed by atoms with Gasteiger partial charge in [0.25, 0.3) is 5.91 Å². The number of likely N-dealkylation sites (N-methyl/N-ethyl adjacent to an activating group) is 1. The average Bonchev–Trinajstić information content (AvgIpc) is 2.62. The number of anilines is 1. The number of hydrogen-bond donors (Lipinski definition) is 2. The first-order chi connectivity index (χ1) is 11.6. The molecule has 2 N–H and O–H groups in total. The number of hydrogen-bond acceptors (Lipinski definition) is 3. The van der Waals surface area contributed by atoms with Gasteiger partial charge >= 0.3 is 0 Å². The molecule has 0 heterocycles. The molecule has 0 aliphatic rings. The summed E-state index contributed by atoms with van der Waals surface area (Å²) in [6.07, 6.45) is 0.326. The van der Waals surface area contributed by atoms with Crippen molar-refractivity contribution in [1.82, 2.24) is 5.32 Å². The van der Waals surface area contributed by atoms with Crippen molar-refractivity contribution in [2.24, 2.45) is 0 Å². The maximum absolute atomic E-state index is 12.4. The van der Waals surface area contributed by atoms with Crippen molar-refractivity contribution in [3.05, 3.63) is 60.2 Å². The van der Waals surface area contributed by atoms with Crippen LogP contribution in [-0.2, 0) is 16.0 Å². The molecule has 0 aliphatic carbocycles. The highest BCUT2D eigenvalue weighted by Crippen LogP contribution is 2.15. The van der Waals surface area contributed by atoms with E-state index in [4.69, 9.17) is 4.74 Å². The van der Waals surface area contributed by atoms with Crippen LogP contribution in [0.5, 0.6) is 5.75 Å². The molecule has 0 saturated carbocycles. The van der Waals surface area contributed by atoms with E-state index in [2.05, 4.69) is 10.6 Å². The fraction of sp³-hybridized carbons (Fsp3) is 0.263. The van der Waals surface area contributed by atoms with Crippen LogP contribution in [0.25, 0.3) is 0 Å². The Morgan fingerprint density at radius 1 is 1.04 bits per heavy atom. The van der Waals surface area contributed by atoms with Crippen LogP contribution in [0.3, 0.4) is 0 Å². The Bertz CT molecular complexity index is 669. The quantitative estimate of drug-likeness (QED) is 0.822. The average molecular weight is 326 g/mol. The lowest BCUT2D eigenvalue weighted by Gasteiger charge is -2.17. The molecule has 126 valence electrons. The van der Waals surface area contributed by atoms with Crippen molar-refractivity contribution in [1.29, 1.82) is 0 Å². The molecule has 1 unspecified atom stereocenters. The summed E-state index contributed by atoms with van der Waals surface area (Å²) in [6.45, 7) is 1.90. The molecule has 0 aromatic heterocycles. The largest absolute Gasteiger partial charge is 0.481 e. The molecule has 0 aliphatic heterocycles. The second-order valence-electron chi connectivity index (χ2n) is 5.36. The topological polar surface area (TPSA) is 67.4 Å². The lowest BCUT2D eigenvalue weighted by Crippen LogP contribution is -2.32. The lowest BCUT2D eigenvalue weighted by atomic mass is 10.1. The van der Waals surface area contributed by atoms with E-state index in [1.165, 1.54) is 0 Å². The minimum Gasteiger partial charge on any atom is -0.481 e. The van der Waals surface area contributed by atoms with Crippen LogP contribution in [0.1, 0.15) is 18.9 Å². The number of benzene rings is 2. The van der Waals surface area contributed by atoms with Gasteiger partial charge in [-0.05, 0) is 36.2 Å². The molecule has 1 atom stereocenters. The molecular formula is C19H22N2O3. The van der Waals surface area contributed by atoms with E-state index in [9.17, 15) is 9.59 Å². The third-order valence-corrected chi connectivity index (χ3v) is 3.55. The highest BCUT2D eigenvalue weighted by atomic mass is 16.5. The summed E-state index contributed by atoms with van der Waals surface area (Å²) in [5, 5.41) is 5.42. The SMILES string of the molecule is CCC(Oc1ccccc1)C(=O)Nc1ccc(CC(=O)NC)cc1. The first-order valence-electron chi connectivity index (χ1n) is 7.94. The normalized spacial score (nSPS) is 11.4. The molecule has 2 aromatic carbocycles. The Kier molecular flexibility index (Phi) is 6.37. The maximum atomic E-state index is 12.4. The van der Waals surface area contributed by atoms with Crippen molar-refractivity contribution >= 4 is 17.5 Å². The fourth-order valence-electron chi connectivity index (χ4n) is 2.19. The zero-order valence-corrected chi connectivity index (χ0v) is 13.9. The van der Waals surface area contributed by atoms with Crippen molar-refractivity contribution in [2.45, 2.75) is 25.9 Å². The molecule has 0 radical (unpaired) electrons. The minimum atomic E-state index is -0.557. The van der Waals surface area contributed by atoms with Gasteiger partial charge in [0.05, 0.1) is 6.42 Å². The van der Waals surface area contributed by atoms with E-state index in [1.54, 1.807) is 19.2 Å². The second kappa shape index (κ2) is 8.72. The first-order valence-corrected chi connectivity index (χ1v) is 7.94. The highest BCUT2D eigenvalue weighted by molar-refractivity contribution is 5.94. The van der Waals surface area contributed by atoms with Crippen LogP contribution in [-0.4, -0.2) is 25.0 Å². The van der Waals surface area contributed by atoms with Gasteiger partial charge in [0.15, 0.2) is 6.10 Å². The van der Waals surface area contributed by atoms with Gasteiger partial charge in [-0.1, -0.05) is 37.3 Å². The van der Waals surface area contributed by atoms with Gasteiger partial charge in [0, 0.05) is 12.7 Å². The lowest BCUT2D eigenvalue weighted by molar-refractivity contribution is -0.123. The Balaban J connectivity index is 1.95. The van der Waals surface area contributed by atoms with Gasteiger partial charge in [-0.25, -0.2) is 0 Å². The molecule has 2 aromatic rings. The van der Waals surface area contributed by atoms with E-state index in [0.717, 1.165) is 5.56 Å². The smallest absolute Gasteiger partial charge is 0.265 e. The summed E-state index contributed by atoms with van der Waals surface area (Å²) < 4.78 is 5.72. The van der Waals surface area contributed by atoms with Crippen molar-refractivity contribution < 1.29 is 14.3 Å². The Hall–Kier alpha value is -2.82. The summed E-state index contributed by atoms with van der Waals surface area (Å²) >= 11 is 0. The van der Waals surface area contributed by atoms with Gasteiger partial charge in [-0.2, -0.15) is 0 Å². The molecular weight excluding hydrogens is 304 g/mol. The van der Waals surface area contributed by atoms with Gasteiger partial charge in [-0.3, -0.25) is 9.59 Å². The van der Waals surface area contributed by atoms with Gasteiger partial charge in [-0.15, -0.1) is 0 Å². The molecule has 0 fully saturated rings. The summed E-state index contributed by atoms with van der Waals surface area (Å²) in [5.74, 6) is 0.426. The Morgan fingerprint density at radius 3 is 2.29 bits per heavy atom. The molecule has 24 heavy (non-hydrogen) atoms. The Labute approximate surface area is 142 Å². The zero-order chi connectivity index (χ0) is 17.4. The monoisotopic (exact) mass is 326 g/mol. The van der Waals surface area contributed by atoms with E-state index < -0.39 is 6.10 Å². The zero-order valence-electron chi connectivity index (χ0n) is 13.9. The van der Waals surface area contributed by atoms with Crippen LogP contribution >= 0.6 is 0 Å². The predicted octanol–water partition coefficient (Wildman–Crippen LogP) is 2.77. The number of rotatable bonds is 7. The summed E-state index contributed by atoms with van der Waals surface area (Å²) in [6, 6.07) is 16.5. The maximum Gasteiger partial charge on any atom is 0.265 e. The summed E-state index contributed by atoms with van der Waals surface area (Å²) in [7, 11) is 1.61. The molecule has 0 saturated heterocycles. The molecule has 5 heteroatoms. The number of nitrogens with one attached hydrogen (secondary N) is 2. The van der Waals surface area contributed by atoms with Gasteiger partial charge in [0.2, 0.25) is 5.91 Å². The summed E-state index contributed by atoms with van der Waals surface area (Å²) in [4.78, 5) is 23.7. The molecule has 2 rings (SSSR count). The molecule has 0 spiro atoms. The van der Waals surface area contributed by atoms with Crippen molar-refractivity contribution in [2.75, 3.05) is 12.4 Å². The molecule has 2 amide bonds. The number of carbonyl (C=O) groups excluding carboxylic acids is 2. The fourth-order valence-corrected chi connectivity index (χ4v) is 2.19. The van der Waals surface area contributed by atoms with Crippen LogP contribution in [0.2, 0.25) is 0 Å². The minimum absolute atomic E-state index is 0.0471. The van der Waals surface area contributed by atoms with Crippen LogP contribution < -0.4 is 15.4 Å². The third-order valence-electron chi connectivity index (χ3n) is 3.55. The predicted molar refractivity (Wildman–Crippen MR) is 94.0 cm³/mol. The number of carbonyl (C=O) groups is 2. The van der Waals surface area contributed by atoms with E-state index in [0.29, 0.717) is 24.3 Å². The number of para-hydroxylation sites is 1. The van der Waals surface area contributed by atoms with E-state index in [1.807, 2.05) is 49.4 Å². The van der Waals surface area contributed by atoms with Crippen LogP contribution in [0, 0.1) is 0 Å². The summed E-state index contributed by atoms with van der Waals surface area (Å²) in [5.41, 5.74) is 1.57.